The molecule has 0 aliphatic rings. The van der Waals surface area contributed by atoms with Crippen LogP contribution in [0.15, 0.2) is 60.7 Å². The smallest absolute Gasteiger partial charge is 0.145 e. The molecule has 21 heavy (non-hydrogen) atoms. The first-order chi connectivity index (χ1) is 10.4. The summed E-state index contributed by atoms with van der Waals surface area (Å²) in [6.45, 7) is 1.58. The average Bonchev–Trinajstić information content (AvgIpc) is 2.55. The SMILES string of the molecule is COc1cccc2ccc(CNCc3ccccc3)nc12. The highest BCUT2D eigenvalue weighted by Gasteiger charge is 2.04. The predicted molar refractivity (Wildman–Crippen MR) is 85.3 cm³/mol. The van der Waals surface area contributed by atoms with E-state index < -0.39 is 0 Å². The summed E-state index contributed by atoms with van der Waals surface area (Å²) in [6, 6.07) is 20.5. The van der Waals surface area contributed by atoms with Crippen molar-refractivity contribution in [3.8, 4) is 5.75 Å². The van der Waals surface area contributed by atoms with Gasteiger partial charge in [-0.3, -0.25) is 0 Å². The highest BCUT2D eigenvalue weighted by Crippen LogP contribution is 2.23. The fourth-order valence-corrected chi connectivity index (χ4v) is 2.35. The third-order valence-electron chi connectivity index (χ3n) is 3.44. The Morgan fingerprint density at radius 3 is 2.57 bits per heavy atom. The molecule has 0 fully saturated rings. The number of aromatic nitrogens is 1. The maximum Gasteiger partial charge on any atom is 0.145 e. The number of pyridine rings is 1. The van der Waals surface area contributed by atoms with Crippen molar-refractivity contribution in [2.45, 2.75) is 13.1 Å². The number of fused-ring (bicyclic) bond motifs is 1. The Balaban J connectivity index is 1.72. The van der Waals surface area contributed by atoms with Crippen LogP contribution in [0.4, 0.5) is 0 Å². The molecule has 0 spiro atoms. The van der Waals surface area contributed by atoms with Crippen LogP contribution in [-0.2, 0) is 13.1 Å². The van der Waals surface area contributed by atoms with E-state index in [0.717, 1.165) is 35.4 Å². The fraction of sp³-hybridized carbons (Fsp3) is 0.167. The van der Waals surface area contributed by atoms with Crippen molar-refractivity contribution in [3.63, 3.8) is 0 Å². The van der Waals surface area contributed by atoms with Crippen LogP contribution in [0, 0.1) is 0 Å². The topological polar surface area (TPSA) is 34.1 Å². The second-order valence-electron chi connectivity index (χ2n) is 4.92. The zero-order valence-corrected chi connectivity index (χ0v) is 12.0. The maximum atomic E-state index is 5.37. The van der Waals surface area contributed by atoms with Gasteiger partial charge in [0.05, 0.1) is 12.8 Å². The lowest BCUT2D eigenvalue weighted by molar-refractivity contribution is 0.418. The Hall–Kier alpha value is -2.39. The van der Waals surface area contributed by atoms with Gasteiger partial charge < -0.3 is 10.1 Å². The number of rotatable bonds is 5. The number of para-hydroxylation sites is 1. The summed E-state index contributed by atoms with van der Waals surface area (Å²) in [6.07, 6.45) is 0. The van der Waals surface area contributed by atoms with E-state index in [4.69, 9.17) is 4.74 Å². The first-order valence-electron chi connectivity index (χ1n) is 7.04. The van der Waals surface area contributed by atoms with Crippen LogP contribution in [0.3, 0.4) is 0 Å². The number of nitrogens with zero attached hydrogens (tertiary/aromatic N) is 1. The molecule has 0 aliphatic carbocycles. The molecular weight excluding hydrogens is 260 g/mol. The van der Waals surface area contributed by atoms with Crippen LogP contribution >= 0.6 is 0 Å². The van der Waals surface area contributed by atoms with E-state index in [0.29, 0.717) is 0 Å². The molecule has 1 heterocycles. The van der Waals surface area contributed by atoms with Gasteiger partial charge in [0.1, 0.15) is 11.3 Å². The molecular formula is C18H18N2O. The van der Waals surface area contributed by atoms with E-state index in [1.807, 2.05) is 24.3 Å². The number of benzene rings is 2. The standard InChI is InChI=1S/C18H18N2O/c1-21-17-9-5-8-15-10-11-16(20-18(15)17)13-19-12-14-6-3-2-4-7-14/h2-11,19H,12-13H2,1H3. The summed E-state index contributed by atoms with van der Waals surface area (Å²) in [5.41, 5.74) is 3.21. The highest BCUT2D eigenvalue weighted by molar-refractivity contribution is 5.84. The van der Waals surface area contributed by atoms with Crippen molar-refractivity contribution < 1.29 is 4.74 Å². The minimum atomic E-state index is 0.739. The Labute approximate surface area is 124 Å². The van der Waals surface area contributed by atoms with Crippen LogP contribution in [0.5, 0.6) is 5.75 Å². The van der Waals surface area contributed by atoms with Crippen molar-refractivity contribution in [2.75, 3.05) is 7.11 Å². The predicted octanol–water partition coefficient (Wildman–Crippen LogP) is 3.53. The molecule has 0 unspecified atom stereocenters. The van der Waals surface area contributed by atoms with Crippen molar-refractivity contribution in [2.24, 2.45) is 0 Å². The second kappa shape index (κ2) is 6.37. The molecule has 1 aromatic heterocycles. The molecule has 3 aromatic rings. The zero-order valence-electron chi connectivity index (χ0n) is 12.0. The van der Waals surface area contributed by atoms with Gasteiger partial charge in [0.15, 0.2) is 0 Å². The molecule has 3 heteroatoms. The molecule has 2 aromatic carbocycles. The third-order valence-corrected chi connectivity index (χ3v) is 3.44. The monoisotopic (exact) mass is 278 g/mol. The molecule has 106 valence electrons. The summed E-state index contributed by atoms with van der Waals surface area (Å²) >= 11 is 0. The van der Waals surface area contributed by atoms with Gasteiger partial charge >= 0.3 is 0 Å². The van der Waals surface area contributed by atoms with Gasteiger partial charge in [0, 0.05) is 18.5 Å². The van der Waals surface area contributed by atoms with E-state index in [1.54, 1.807) is 7.11 Å². The van der Waals surface area contributed by atoms with Crippen molar-refractivity contribution in [1.82, 2.24) is 10.3 Å². The molecule has 0 amide bonds. The van der Waals surface area contributed by atoms with E-state index in [1.165, 1.54) is 5.56 Å². The van der Waals surface area contributed by atoms with E-state index >= 15 is 0 Å². The lowest BCUT2D eigenvalue weighted by Crippen LogP contribution is -2.13. The quantitative estimate of drug-likeness (QED) is 0.775. The average molecular weight is 278 g/mol. The molecule has 1 N–H and O–H groups in total. The molecule has 0 atom stereocenters. The summed E-state index contributed by atoms with van der Waals surface area (Å²) in [4.78, 5) is 4.69. The van der Waals surface area contributed by atoms with Crippen LogP contribution in [0.25, 0.3) is 10.9 Å². The Bertz CT molecular complexity index is 726. The van der Waals surface area contributed by atoms with Gasteiger partial charge in [-0.2, -0.15) is 0 Å². The van der Waals surface area contributed by atoms with Crippen molar-refractivity contribution >= 4 is 10.9 Å². The lowest BCUT2D eigenvalue weighted by Gasteiger charge is -2.08. The minimum Gasteiger partial charge on any atom is -0.494 e. The minimum absolute atomic E-state index is 0.739. The van der Waals surface area contributed by atoms with Crippen LogP contribution in [-0.4, -0.2) is 12.1 Å². The molecule has 3 nitrogen and oxygen atoms in total. The fourth-order valence-electron chi connectivity index (χ4n) is 2.35. The van der Waals surface area contributed by atoms with E-state index in [-0.39, 0.29) is 0 Å². The van der Waals surface area contributed by atoms with Gasteiger partial charge in [-0.05, 0) is 17.7 Å². The van der Waals surface area contributed by atoms with Crippen LogP contribution < -0.4 is 10.1 Å². The molecule has 0 radical (unpaired) electrons. The Morgan fingerprint density at radius 2 is 1.76 bits per heavy atom. The molecule has 3 rings (SSSR count). The molecule has 0 saturated heterocycles. The summed E-state index contributed by atoms with van der Waals surface area (Å²) in [5, 5.41) is 4.52. The third kappa shape index (κ3) is 3.20. The summed E-state index contributed by atoms with van der Waals surface area (Å²) < 4.78 is 5.37. The van der Waals surface area contributed by atoms with Gasteiger partial charge in [-0.25, -0.2) is 4.98 Å². The van der Waals surface area contributed by atoms with Crippen LogP contribution in [0.1, 0.15) is 11.3 Å². The largest absolute Gasteiger partial charge is 0.494 e. The first kappa shape index (κ1) is 13.6. The lowest BCUT2D eigenvalue weighted by atomic mass is 10.2. The molecule has 0 saturated carbocycles. The van der Waals surface area contributed by atoms with E-state index in [9.17, 15) is 0 Å². The Morgan fingerprint density at radius 1 is 0.905 bits per heavy atom. The number of methoxy groups -OCH3 is 1. The maximum absolute atomic E-state index is 5.37. The van der Waals surface area contributed by atoms with Gasteiger partial charge in [0.25, 0.3) is 0 Å². The number of nitrogens with one attached hydrogen (secondary N) is 1. The van der Waals surface area contributed by atoms with Gasteiger partial charge in [-0.1, -0.05) is 48.5 Å². The molecule has 0 bridgehead atoms. The van der Waals surface area contributed by atoms with Gasteiger partial charge in [0.2, 0.25) is 0 Å². The Kier molecular flexibility index (Phi) is 4.12. The first-order valence-corrected chi connectivity index (χ1v) is 7.04. The van der Waals surface area contributed by atoms with Gasteiger partial charge in [-0.15, -0.1) is 0 Å². The van der Waals surface area contributed by atoms with Crippen LogP contribution in [0.2, 0.25) is 0 Å². The number of hydrogen-bond donors (Lipinski definition) is 1. The number of hydrogen-bond acceptors (Lipinski definition) is 3. The second-order valence-corrected chi connectivity index (χ2v) is 4.92. The number of ether oxygens (including phenoxy) is 1. The summed E-state index contributed by atoms with van der Waals surface area (Å²) in [5.74, 6) is 0.817. The van der Waals surface area contributed by atoms with E-state index in [2.05, 4.69) is 46.7 Å². The molecule has 0 aliphatic heterocycles. The van der Waals surface area contributed by atoms with Crippen molar-refractivity contribution in [3.05, 3.63) is 71.9 Å². The normalized spacial score (nSPS) is 10.7. The highest BCUT2D eigenvalue weighted by atomic mass is 16.5. The summed E-state index contributed by atoms with van der Waals surface area (Å²) in [7, 11) is 1.68. The zero-order chi connectivity index (χ0) is 14.5. The van der Waals surface area contributed by atoms with Crippen molar-refractivity contribution in [1.29, 1.82) is 0 Å².